The summed E-state index contributed by atoms with van der Waals surface area (Å²) in [5.74, 6) is -0.424. The highest BCUT2D eigenvalue weighted by Crippen LogP contribution is 2.19. The number of amides is 1. The number of rotatable bonds is 2. The number of hydrogen-bond acceptors (Lipinski definition) is 2. The lowest BCUT2D eigenvalue weighted by Crippen LogP contribution is -2.22. The Bertz CT molecular complexity index is 707. The monoisotopic (exact) mass is 290 g/mol. The van der Waals surface area contributed by atoms with E-state index in [1.54, 1.807) is 18.2 Å². The molecule has 0 aromatic heterocycles. The molecule has 5 heteroatoms. The zero-order chi connectivity index (χ0) is 13.8. The van der Waals surface area contributed by atoms with Crippen LogP contribution in [-0.4, -0.2) is 5.91 Å². The van der Waals surface area contributed by atoms with Crippen LogP contribution in [0, 0.1) is 11.3 Å². The number of allylic oxidation sites excluding steroid dienone is 1. The minimum absolute atomic E-state index is 0.165. The van der Waals surface area contributed by atoms with Crippen molar-refractivity contribution in [2.75, 3.05) is 0 Å². The standard InChI is InChI=1S/C14H8Cl2N2O/c15-13(16)12(8-17)18-14(19)11-7-3-5-9-4-1-2-6-10(9)11/h1-7H,(H,18,19). The van der Waals surface area contributed by atoms with Gasteiger partial charge in [-0.3, -0.25) is 4.79 Å². The van der Waals surface area contributed by atoms with E-state index in [4.69, 9.17) is 28.5 Å². The summed E-state index contributed by atoms with van der Waals surface area (Å²) in [6.45, 7) is 0. The first-order valence-electron chi connectivity index (χ1n) is 5.38. The molecule has 2 aromatic carbocycles. The Morgan fingerprint density at radius 2 is 1.79 bits per heavy atom. The van der Waals surface area contributed by atoms with Crippen LogP contribution in [0.1, 0.15) is 10.4 Å². The lowest BCUT2D eigenvalue weighted by Gasteiger charge is -2.07. The molecule has 0 aliphatic carbocycles. The SMILES string of the molecule is N#CC(NC(=O)c1cccc2ccccc12)=C(Cl)Cl. The molecule has 0 saturated carbocycles. The van der Waals surface area contributed by atoms with Gasteiger partial charge in [-0.15, -0.1) is 0 Å². The predicted molar refractivity (Wildman–Crippen MR) is 75.8 cm³/mol. The smallest absolute Gasteiger partial charge is 0.256 e. The van der Waals surface area contributed by atoms with Crippen LogP contribution in [-0.2, 0) is 0 Å². The van der Waals surface area contributed by atoms with Gasteiger partial charge in [-0.05, 0) is 16.8 Å². The predicted octanol–water partition coefficient (Wildman–Crippen LogP) is 3.74. The zero-order valence-electron chi connectivity index (χ0n) is 9.65. The van der Waals surface area contributed by atoms with E-state index < -0.39 is 5.91 Å². The van der Waals surface area contributed by atoms with Crippen LogP contribution < -0.4 is 5.32 Å². The summed E-state index contributed by atoms with van der Waals surface area (Å²) in [7, 11) is 0. The third-order valence-corrected chi connectivity index (χ3v) is 2.95. The van der Waals surface area contributed by atoms with Crippen molar-refractivity contribution in [1.29, 1.82) is 5.26 Å². The molecular formula is C14H8Cl2N2O. The summed E-state index contributed by atoms with van der Waals surface area (Å²) < 4.78 is -0.268. The Hall–Kier alpha value is -2.02. The molecule has 0 spiro atoms. The Morgan fingerprint density at radius 3 is 2.47 bits per heavy atom. The van der Waals surface area contributed by atoms with Crippen LogP contribution in [0.4, 0.5) is 0 Å². The molecule has 0 atom stereocenters. The first-order valence-corrected chi connectivity index (χ1v) is 6.13. The summed E-state index contributed by atoms with van der Waals surface area (Å²) >= 11 is 11.0. The number of benzene rings is 2. The number of carbonyl (C=O) groups excluding carboxylic acids is 1. The van der Waals surface area contributed by atoms with Crippen LogP contribution in [0.5, 0.6) is 0 Å². The van der Waals surface area contributed by atoms with Gasteiger partial charge in [-0.1, -0.05) is 59.6 Å². The summed E-state index contributed by atoms with van der Waals surface area (Å²) in [6, 6.07) is 14.6. The molecule has 0 heterocycles. The Kier molecular flexibility index (Phi) is 4.06. The molecule has 3 nitrogen and oxygen atoms in total. The highest BCUT2D eigenvalue weighted by atomic mass is 35.5. The third-order valence-electron chi connectivity index (χ3n) is 2.57. The molecule has 1 N–H and O–H groups in total. The highest BCUT2D eigenvalue weighted by molar-refractivity contribution is 6.56. The minimum Gasteiger partial charge on any atom is -0.311 e. The molecule has 0 aliphatic rings. The Morgan fingerprint density at radius 1 is 1.11 bits per heavy atom. The molecule has 0 unspecified atom stereocenters. The number of nitrogens with zero attached hydrogens (tertiary/aromatic N) is 1. The van der Waals surface area contributed by atoms with Crippen molar-refractivity contribution in [3.05, 3.63) is 58.2 Å². The number of carbonyl (C=O) groups is 1. The van der Waals surface area contributed by atoms with E-state index in [-0.39, 0.29) is 10.2 Å². The molecule has 2 rings (SSSR count). The van der Waals surface area contributed by atoms with Gasteiger partial charge < -0.3 is 5.32 Å². The molecule has 94 valence electrons. The summed E-state index contributed by atoms with van der Waals surface area (Å²) in [6.07, 6.45) is 0. The summed E-state index contributed by atoms with van der Waals surface area (Å²) in [5, 5.41) is 12.9. The summed E-state index contributed by atoms with van der Waals surface area (Å²) in [5.41, 5.74) is 0.293. The second kappa shape index (κ2) is 5.75. The highest BCUT2D eigenvalue weighted by Gasteiger charge is 2.12. The van der Waals surface area contributed by atoms with Crippen LogP contribution in [0.15, 0.2) is 52.7 Å². The average Bonchev–Trinajstić information content (AvgIpc) is 2.43. The quantitative estimate of drug-likeness (QED) is 0.857. The van der Waals surface area contributed by atoms with Gasteiger partial charge in [-0.2, -0.15) is 5.26 Å². The van der Waals surface area contributed by atoms with Gasteiger partial charge >= 0.3 is 0 Å². The first kappa shape index (κ1) is 13.4. The average molecular weight is 291 g/mol. The van der Waals surface area contributed by atoms with E-state index in [9.17, 15) is 4.79 Å². The van der Waals surface area contributed by atoms with E-state index in [1.165, 1.54) is 0 Å². The normalized spacial score (nSPS) is 9.74. The lowest BCUT2D eigenvalue weighted by molar-refractivity contribution is 0.0969. The van der Waals surface area contributed by atoms with Gasteiger partial charge in [0.25, 0.3) is 5.91 Å². The van der Waals surface area contributed by atoms with E-state index in [0.29, 0.717) is 5.56 Å². The number of nitriles is 1. The molecule has 0 bridgehead atoms. The van der Waals surface area contributed by atoms with Crippen molar-refractivity contribution < 1.29 is 4.79 Å². The van der Waals surface area contributed by atoms with Gasteiger partial charge in [-0.25, -0.2) is 0 Å². The molecule has 0 aliphatic heterocycles. The molecule has 1 amide bonds. The van der Waals surface area contributed by atoms with Crippen molar-refractivity contribution in [3.8, 4) is 6.07 Å². The number of fused-ring (bicyclic) bond motifs is 1. The fourth-order valence-electron chi connectivity index (χ4n) is 1.72. The first-order chi connectivity index (χ1) is 9.13. The van der Waals surface area contributed by atoms with Crippen molar-refractivity contribution in [1.82, 2.24) is 5.32 Å². The molecule has 2 aromatic rings. The second-order valence-corrected chi connectivity index (χ2v) is 4.68. The molecule has 0 saturated heterocycles. The van der Waals surface area contributed by atoms with Gasteiger partial charge in [0.05, 0.1) is 0 Å². The van der Waals surface area contributed by atoms with E-state index in [2.05, 4.69) is 5.32 Å². The topological polar surface area (TPSA) is 52.9 Å². The maximum atomic E-state index is 12.1. The van der Waals surface area contributed by atoms with Gasteiger partial charge in [0.1, 0.15) is 10.6 Å². The fourth-order valence-corrected chi connectivity index (χ4v) is 1.90. The maximum Gasteiger partial charge on any atom is 0.256 e. The fraction of sp³-hybridized carbons (Fsp3) is 0. The molecule has 0 radical (unpaired) electrons. The van der Waals surface area contributed by atoms with Crippen molar-refractivity contribution in [3.63, 3.8) is 0 Å². The van der Waals surface area contributed by atoms with E-state index in [0.717, 1.165) is 10.8 Å². The van der Waals surface area contributed by atoms with Gasteiger partial charge in [0.15, 0.2) is 5.70 Å². The van der Waals surface area contributed by atoms with Crippen molar-refractivity contribution in [2.24, 2.45) is 0 Å². The van der Waals surface area contributed by atoms with Crippen LogP contribution in [0.25, 0.3) is 10.8 Å². The minimum atomic E-state index is -0.424. The molecule has 19 heavy (non-hydrogen) atoms. The van der Waals surface area contributed by atoms with E-state index >= 15 is 0 Å². The molecule has 0 fully saturated rings. The second-order valence-electron chi connectivity index (χ2n) is 3.73. The van der Waals surface area contributed by atoms with Gasteiger partial charge in [0.2, 0.25) is 0 Å². The largest absolute Gasteiger partial charge is 0.311 e. The Balaban J connectivity index is 2.43. The number of nitrogens with one attached hydrogen (secondary N) is 1. The number of hydrogen-bond donors (Lipinski definition) is 1. The number of halogens is 2. The zero-order valence-corrected chi connectivity index (χ0v) is 11.2. The summed E-state index contributed by atoms with van der Waals surface area (Å²) in [4.78, 5) is 12.1. The van der Waals surface area contributed by atoms with E-state index in [1.807, 2.05) is 30.3 Å². The van der Waals surface area contributed by atoms with Crippen LogP contribution in [0.2, 0.25) is 0 Å². The van der Waals surface area contributed by atoms with Crippen molar-refractivity contribution >= 4 is 39.9 Å². The molecular weight excluding hydrogens is 283 g/mol. The van der Waals surface area contributed by atoms with Crippen molar-refractivity contribution in [2.45, 2.75) is 0 Å². The Labute approximate surface area is 120 Å². The third kappa shape index (κ3) is 2.87. The lowest BCUT2D eigenvalue weighted by atomic mass is 10.0. The van der Waals surface area contributed by atoms with Crippen LogP contribution in [0.3, 0.4) is 0 Å². The van der Waals surface area contributed by atoms with Gasteiger partial charge in [0, 0.05) is 5.56 Å². The van der Waals surface area contributed by atoms with Crippen LogP contribution >= 0.6 is 23.2 Å². The maximum absolute atomic E-state index is 12.1.